The summed E-state index contributed by atoms with van der Waals surface area (Å²) in [5.74, 6) is -2.61. The van der Waals surface area contributed by atoms with Crippen molar-refractivity contribution in [3.63, 3.8) is 0 Å². The summed E-state index contributed by atoms with van der Waals surface area (Å²) in [4.78, 5) is 32.9. The molecule has 9 nitrogen and oxygen atoms in total. The van der Waals surface area contributed by atoms with Gasteiger partial charge in [-0.2, -0.15) is 5.26 Å². The molecule has 1 heterocycles. The van der Waals surface area contributed by atoms with Gasteiger partial charge >= 0.3 is 11.9 Å². The quantitative estimate of drug-likeness (QED) is 0.505. The van der Waals surface area contributed by atoms with Crippen LogP contribution in [0.15, 0.2) is 40.8 Å². The van der Waals surface area contributed by atoms with Crippen LogP contribution in [-0.4, -0.2) is 23.4 Å². The number of ether oxygens (including phenoxy) is 1. The molecule has 0 saturated heterocycles. The minimum absolute atomic E-state index is 0.364. The van der Waals surface area contributed by atoms with Crippen LogP contribution in [-0.2, 0) is 9.53 Å². The Hall–Kier alpha value is -3.67. The van der Waals surface area contributed by atoms with Crippen LogP contribution < -0.4 is 5.32 Å². The summed E-state index contributed by atoms with van der Waals surface area (Å²) in [5.41, 5.74) is 0.737. The van der Waals surface area contributed by atoms with Crippen molar-refractivity contribution < 1.29 is 23.7 Å². The van der Waals surface area contributed by atoms with E-state index < -0.39 is 29.3 Å². The number of amides is 1. The number of nitriles is 1. The number of benzene rings is 1. The highest BCUT2D eigenvalue weighted by Crippen LogP contribution is 2.16. The summed E-state index contributed by atoms with van der Waals surface area (Å²) in [7, 11) is 0. The molecule has 0 aliphatic heterocycles. The molecule has 2 aromatic rings. The van der Waals surface area contributed by atoms with Crippen LogP contribution in [0.4, 0.5) is 11.6 Å². The number of hydrogen-bond acceptors (Lipinski definition) is 7. The van der Waals surface area contributed by atoms with Gasteiger partial charge in [-0.15, -0.1) is 0 Å². The second-order valence-corrected chi connectivity index (χ2v) is 4.21. The maximum absolute atomic E-state index is 11.7. The average Bonchev–Trinajstić information content (AvgIpc) is 3.03. The van der Waals surface area contributed by atoms with E-state index in [4.69, 9.17) is 5.26 Å². The van der Waals surface area contributed by atoms with E-state index in [1.165, 1.54) is 6.07 Å². The highest BCUT2D eigenvalue weighted by molar-refractivity contribution is 5.94. The molecule has 1 aromatic carbocycles. The summed E-state index contributed by atoms with van der Waals surface area (Å²) < 4.78 is 9.33. The second-order valence-electron chi connectivity index (χ2n) is 4.21. The molecule has 0 atom stereocenters. The van der Waals surface area contributed by atoms with E-state index in [2.05, 4.69) is 14.5 Å². The first-order valence-electron chi connectivity index (χ1n) is 6.21. The van der Waals surface area contributed by atoms with Crippen molar-refractivity contribution in [3.05, 3.63) is 57.8 Å². The van der Waals surface area contributed by atoms with Crippen molar-refractivity contribution in [2.75, 3.05) is 11.9 Å². The Morgan fingerprint density at radius 2 is 2.13 bits per heavy atom. The largest absolute Gasteiger partial charge is 0.450 e. The van der Waals surface area contributed by atoms with Crippen LogP contribution in [0, 0.1) is 21.4 Å². The Balaban J connectivity index is 1.89. The third-order valence-electron chi connectivity index (χ3n) is 2.58. The van der Waals surface area contributed by atoms with Crippen LogP contribution >= 0.6 is 0 Å². The van der Waals surface area contributed by atoms with Crippen LogP contribution in [0.2, 0.25) is 0 Å². The van der Waals surface area contributed by atoms with Gasteiger partial charge in [-0.3, -0.25) is 14.9 Å². The average molecular weight is 315 g/mol. The maximum atomic E-state index is 11.7. The summed E-state index contributed by atoms with van der Waals surface area (Å²) in [6.45, 7) is -0.607. The monoisotopic (exact) mass is 315 g/mol. The first-order valence-corrected chi connectivity index (χ1v) is 6.21. The molecule has 0 saturated carbocycles. The Kier molecular flexibility index (Phi) is 4.69. The molecular weight excluding hydrogens is 306 g/mol. The first kappa shape index (κ1) is 15.7. The molecule has 9 heteroatoms. The molecule has 0 unspecified atom stereocenters. The van der Waals surface area contributed by atoms with Crippen molar-refractivity contribution in [2.24, 2.45) is 0 Å². The number of nitrogens with one attached hydrogen (secondary N) is 1. The van der Waals surface area contributed by atoms with Crippen LogP contribution in [0.1, 0.15) is 16.1 Å². The van der Waals surface area contributed by atoms with E-state index in [1.807, 2.05) is 6.07 Å². The minimum atomic E-state index is -1.00. The summed E-state index contributed by atoms with van der Waals surface area (Å²) >= 11 is 0. The van der Waals surface area contributed by atoms with Crippen LogP contribution in [0.25, 0.3) is 0 Å². The van der Waals surface area contributed by atoms with Crippen molar-refractivity contribution in [1.29, 1.82) is 5.26 Å². The zero-order valence-electron chi connectivity index (χ0n) is 11.5. The third kappa shape index (κ3) is 4.15. The molecule has 1 N–H and O–H groups in total. The fraction of sp³-hybridized carbons (Fsp3) is 0.0714. The van der Waals surface area contributed by atoms with Crippen LogP contribution in [0.3, 0.4) is 0 Å². The number of esters is 1. The van der Waals surface area contributed by atoms with Gasteiger partial charge in [0.25, 0.3) is 5.91 Å². The summed E-state index contributed by atoms with van der Waals surface area (Å²) in [6, 6.07) is 10.2. The Labute approximate surface area is 129 Å². The third-order valence-corrected chi connectivity index (χ3v) is 2.58. The highest BCUT2D eigenvalue weighted by Gasteiger charge is 2.19. The highest BCUT2D eigenvalue weighted by atomic mass is 16.7. The van der Waals surface area contributed by atoms with E-state index in [0.29, 0.717) is 11.3 Å². The van der Waals surface area contributed by atoms with E-state index in [-0.39, 0.29) is 5.76 Å². The summed E-state index contributed by atoms with van der Waals surface area (Å²) in [6.07, 6.45) is 0. The molecule has 116 valence electrons. The van der Waals surface area contributed by atoms with E-state index in [0.717, 1.165) is 12.1 Å². The number of nitrogens with zero attached hydrogens (tertiary/aromatic N) is 2. The molecule has 1 amide bonds. The first-order chi connectivity index (χ1) is 11.0. The molecule has 23 heavy (non-hydrogen) atoms. The van der Waals surface area contributed by atoms with Gasteiger partial charge < -0.3 is 14.5 Å². The Morgan fingerprint density at radius 3 is 2.78 bits per heavy atom. The number of hydrogen-bond donors (Lipinski definition) is 1. The zero-order chi connectivity index (χ0) is 16.8. The van der Waals surface area contributed by atoms with Gasteiger partial charge in [0.15, 0.2) is 6.61 Å². The molecule has 0 fully saturated rings. The molecule has 2 rings (SSSR count). The van der Waals surface area contributed by atoms with Gasteiger partial charge in [0.05, 0.1) is 17.7 Å². The minimum Gasteiger partial charge on any atom is -0.450 e. The second kappa shape index (κ2) is 6.86. The number of nitro groups is 1. The number of anilines is 1. The molecule has 0 spiro atoms. The van der Waals surface area contributed by atoms with Crippen molar-refractivity contribution in [2.45, 2.75) is 0 Å². The standard InChI is InChI=1S/C14H9N3O6/c15-7-9-2-1-3-10(6-9)16-12(18)8-22-14(19)11-4-5-13(23-11)17(20)21/h1-6H,8H2,(H,16,18). The number of carbonyl (C=O) groups is 2. The summed E-state index contributed by atoms with van der Waals surface area (Å²) in [5, 5.41) is 21.6. The van der Waals surface area contributed by atoms with Gasteiger partial charge in [-0.05, 0) is 24.3 Å². The van der Waals surface area contributed by atoms with E-state index >= 15 is 0 Å². The lowest BCUT2D eigenvalue weighted by Gasteiger charge is -2.05. The lowest BCUT2D eigenvalue weighted by molar-refractivity contribution is -0.402. The molecule has 0 bridgehead atoms. The predicted octanol–water partition coefficient (Wildman–Crippen LogP) is 1.85. The van der Waals surface area contributed by atoms with Gasteiger partial charge in [-0.25, -0.2) is 4.79 Å². The van der Waals surface area contributed by atoms with E-state index in [9.17, 15) is 19.7 Å². The fourth-order valence-corrected chi connectivity index (χ4v) is 1.60. The molecular formula is C14H9N3O6. The SMILES string of the molecule is N#Cc1cccc(NC(=O)COC(=O)c2ccc([N+](=O)[O-])o2)c1. The number of rotatable bonds is 5. The van der Waals surface area contributed by atoms with Gasteiger partial charge in [0.1, 0.15) is 4.92 Å². The fourth-order valence-electron chi connectivity index (χ4n) is 1.60. The van der Waals surface area contributed by atoms with Gasteiger partial charge in [0, 0.05) is 5.69 Å². The number of furan rings is 1. The smallest absolute Gasteiger partial charge is 0.433 e. The van der Waals surface area contributed by atoms with Crippen molar-refractivity contribution >= 4 is 23.4 Å². The van der Waals surface area contributed by atoms with Crippen molar-refractivity contribution in [1.82, 2.24) is 0 Å². The van der Waals surface area contributed by atoms with Gasteiger partial charge in [0.2, 0.25) is 5.76 Å². The van der Waals surface area contributed by atoms with E-state index in [1.54, 1.807) is 18.2 Å². The molecule has 1 aromatic heterocycles. The lowest BCUT2D eigenvalue weighted by atomic mass is 10.2. The lowest BCUT2D eigenvalue weighted by Crippen LogP contribution is -2.20. The number of carbonyl (C=O) groups excluding carboxylic acids is 2. The molecule has 0 aliphatic carbocycles. The molecule has 0 radical (unpaired) electrons. The normalized spacial score (nSPS) is 9.70. The Bertz CT molecular complexity index is 805. The maximum Gasteiger partial charge on any atom is 0.433 e. The van der Waals surface area contributed by atoms with Gasteiger partial charge in [-0.1, -0.05) is 6.07 Å². The topological polar surface area (TPSA) is 135 Å². The van der Waals surface area contributed by atoms with Crippen LogP contribution in [0.5, 0.6) is 0 Å². The Morgan fingerprint density at radius 1 is 1.35 bits per heavy atom. The molecule has 0 aliphatic rings. The van der Waals surface area contributed by atoms with Crippen molar-refractivity contribution in [3.8, 4) is 6.07 Å². The zero-order valence-corrected chi connectivity index (χ0v) is 11.5. The predicted molar refractivity (Wildman–Crippen MR) is 75.4 cm³/mol.